The second kappa shape index (κ2) is 6.53. The van der Waals surface area contributed by atoms with E-state index in [0.29, 0.717) is 11.3 Å². The molecule has 1 aromatic carbocycles. The van der Waals surface area contributed by atoms with Gasteiger partial charge in [-0.25, -0.2) is 0 Å². The SMILES string of the molecule is CC.N#Cc1ccc(C2=NC3(CCCCC3)NC2=O)cc1. The number of nitriles is 1. The van der Waals surface area contributed by atoms with Crippen LogP contribution in [0, 0.1) is 11.3 Å². The summed E-state index contributed by atoms with van der Waals surface area (Å²) in [4.78, 5) is 16.8. The number of nitrogens with one attached hydrogen (secondary N) is 1. The van der Waals surface area contributed by atoms with Crippen LogP contribution in [0.2, 0.25) is 0 Å². The minimum absolute atomic E-state index is 0.0911. The number of nitrogens with zero attached hydrogens (tertiary/aromatic N) is 2. The van der Waals surface area contributed by atoms with Crippen molar-refractivity contribution in [3.05, 3.63) is 35.4 Å². The van der Waals surface area contributed by atoms with Crippen molar-refractivity contribution in [1.82, 2.24) is 5.32 Å². The van der Waals surface area contributed by atoms with Crippen LogP contribution < -0.4 is 5.32 Å². The Balaban J connectivity index is 0.000000774. The van der Waals surface area contributed by atoms with Crippen LogP contribution in [0.4, 0.5) is 0 Å². The third-order valence-electron chi connectivity index (χ3n) is 3.86. The summed E-state index contributed by atoms with van der Waals surface area (Å²) in [6.45, 7) is 4.00. The van der Waals surface area contributed by atoms with Crippen molar-refractivity contribution in [3.63, 3.8) is 0 Å². The van der Waals surface area contributed by atoms with Crippen LogP contribution in [0.5, 0.6) is 0 Å². The summed E-state index contributed by atoms with van der Waals surface area (Å²) in [5, 5.41) is 11.8. The molecule has 0 radical (unpaired) electrons. The maximum atomic E-state index is 12.1. The summed E-state index contributed by atoms with van der Waals surface area (Å²) in [5.74, 6) is -0.0911. The van der Waals surface area contributed by atoms with E-state index in [9.17, 15) is 4.79 Å². The second-order valence-electron chi connectivity index (χ2n) is 5.20. The second-order valence-corrected chi connectivity index (χ2v) is 5.20. The van der Waals surface area contributed by atoms with Gasteiger partial charge in [-0.15, -0.1) is 0 Å². The molecule has 1 amide bonds. The van der Waals surface area contributed by atoms with E-state index in [-0.39, 0.29) is 11.6 Å². The van der Waals surface area contributed by atoms with Crippen LogP contribution in [-0.4, -0.2) is 17.3 Å². The predicted molar refractivity (Wildman–Crippen MR) is 83.0 cm³/mol. The molecule has 0 saturated heterocycles. The maximum absolute atomic E-state index is 12.1. The van der Waals surface area contributed by atoms with Gasteiger partial charge in [-0.05, 0) is 37.8 Å². The van der Waals surface area contributed by atoms with Crippen LogP contribution in [0.1, 0.15) is 57.1 Å². The Kier molecular flexibility index (Phi) is 4.74. The summed E-state index contributed by atoms with van der Waals surface area (Å²) < 4.78 is 0. The van der Waals surface area contributed by atoms with E-state index < -0.39 is 0 Å². The van der Waals surface area contributed by atoms with Crippen molar-refractivity contribution < 1.29 is 4.79 Å². The predicted octanol–water partition coefficient (Wildman–Crippen LogP) is 3.16. The Bertz CT molecular complexity index is 575. The van der Waals surface area contributed by atoms with Crippen molar-refractivity contribution in [2.24, 2.45) is 4.99 Å². The fourth-order valence-electron chi connectivity index (χ4n) is 2.84. The number of amides is 1. The number of rotatable bonds is 1. The molecule has 1 saturated carbocycles. The summed E-state index contributed by atoms with van der Waals surface area (Å²) in [6.07, 6.45) is 5.31. The molecule has 1 N–H and O–H groups in total. The van der Waals surface area contributed by atoms with Gasteiger partial charge in [0.05, 0.1) is 11.6 Å². The smallest absolute Gasteiger partial charge is 0.272 e. The van der Waals surface area contributed by atoms with Crippen molar-refractivity contribution >= 4 is 11.6 Å². The zero-order valence-corrected chi connectivity index (χ0v) is 12.6. The maximum Gasteiger partial charge on any atom is 0.272 e. The van der Waals surface area contributed by atoms with Crippen molar-refractivity contribution in [2.45, 2.75) is 51.6 Å². The van der Waals surface area contributed by atoms with Crippen molar-refractivity contribution in [2.75, 3.05) is 0 Å². The molecular formula is C17H21N3O. The highest BCUT2D eigenvalue weighted by molar-refractivity contribution is 6.46. The molecule has 1 aromatic rings. The fourth-order valence-corrected chi connectivity index (χ4v) is 2.84. The molecule has 1 aliphatic carbocycles. The van der Waals surface area contributed by atoms with E-state index in [1.807, 2.05) is 13.8 Å². The van der Waals surface area contributed by atoms with E-state index in [1.54, 1.807) is 24.3 Å². The fraction of sp³-hybridized carbons (Fsp3) is 0.471. The normalized spacial score (nSPS) is 19.1. The minimum Gasteiger partial charge on any atom is -0.326 e. The number of carbonyl (C=O) groups excluding carboxylic acids is 1. The molecule has 0 atom stereocenters. The molecule has 1 spiro atoms. The first-order valence-corrected chi connectivity index (χ1v) is 7.65. The topological polar surface area (TPSA) is 65.2 Å². The van der Waals surface area contributed by atoms with Gasteiger partial charge in [-0.1, -0.05) is 32.4 Å². The minimum atomic E-state index is -0.363. The Labute approximate surface area is 125 Å². The summed E-state index contributed by atoms with van der Waals surface area (Å²) >= 11 is 0. The van der Waals surface area contributed by atoms with Gasteiger partial charge in [-0.2, -0.15) is 5.26 Å². The van der Waals surface area contributed by atoms with Crippen LogP contribution in [0.25, 0.3) is 0 Å². The lowest BCUT2D eigenvalue weighted by molar-refractivity contribution is -0.115. The lowest BCUT2D eigenvalue weighted by Gasteiger charge is -2.30. The molecule has 4 nitrogen and oxygen atoms in total. The largest absolute Gasteiger partial charge is 0.326 e. The molecule has 3 rings (SSSR count). The highest BCUT2D eigenvalue weighted by Crippen LogP contribution is 2.32. The summed E-state index contributed by atoms with van der Waals surface area (Å²) in [6, 6.07) is 9.09. The van der Waals surface area contributed by atoms with Gasteiger partial charge in [0.15, 0.2) is 0 Å². The van der Waals surface area contributed by atoms with Crippen LogP contribution in [0.15, 0.2) is 29.3 Å². The highest BCUT2D eigenvalue weighted by Gasteiger charge is 2.40. The molecule has 1 fully saturated rings. The molecule has 0 unspecified atom stereocenters. The Morgan fingerprint density at radius 1 is 1.14 bits per heavy atom. The van der Waals surface area contributed by atoms with E-state index in [1.165, 1.54) is 6.42 Å². The third kappa shape index (κ3) is 3.13. The number of hydrogen-bond donors (Lipinski definition) is 1. The molecule has 4 heteroatoms. The van der Waals surface area contributed by atoms with Gasteiger partial charge in [-0.3, -0.25) is 9.79 Å². The van der Waals surface area contributed by atoms with Gasteiger partial charge >= 0.3 is 0 Å². The number of aliphatic imine (C=N–C) groups is 1. The first-order chi connectivity index (χ1) is 10.2. The quantitative estimate of drug-likeness (QED) is 0.860. The Morgan fingerprint density at radius 3 is 2.33 bits per heavy atom. The van der Waals surface area contributed by atoms with Gasteiger partial charge in [0.2, 0.25) is 0 Å². The summed E-state index contributed by atoms with van der Waals surface area (Å²) in [7, 11) is 0. The number of benzene rings is 1. The first-order valence-electron chi connectivity index (χ1n) is 7.65. The van der Waals surface area contributed by atoms with Gasteiger partial charge in [0.1, 0.15) is 11.4 Å². The molecule has 21 heavy (non-hydrogen) atoms. The lowest BCUT2D eigenvalue weighted by atomic mass is 9.90. The van der Waals surface area contributed by atoms with E-state index in [4.69, 9.17) is 5.26 Å². The average Bonchev–Trinajstić information content (AvgIpc) is 2.86. The molecule has 1 heterocycles. The number of hydrogen-bond acceptors (Lipinski definition) is 3. The molecule has 110 valence electrons. The van der Waals surface area contributed by atoms with Gasteiger partial charge in [0, 0.05) is 5.56 Å². The van der Waals surface area contributed by atoms with Crippen molar-refractivity contribution in [3.8, 4) is 6.07 Å². The molecule has 2 aliphatic rings. The highest BCUT2D eigenvalue weighted by atomic mass is 16.2. The number of carbonyl (C=O) groups is 1. The molecule has 1 aliphatic heterocycles. The average molecular weight is 283 g/mol. The molecular weight excluding hydrogens is 262 g/mol. The molecule has 0 aromatic heterocycles. The standard InChI is InChI=1S/C15H15N3O.C2H6/c16-10-11-4-6-12(7-5-11)13-14(19)18-15(17-13)8-2-1-3-9-15;1-2/h4-7H,1-3,8-9H2,(H,18,19);1-2H3. The van der Waals surface area contributed by atoms with E-state index in [0.717, 1.165) is 31.2 Å². The van der Waals surface area contributed by atoms with Crippen LogP contribution in [-0.2, 0) is 4.79 Å². The van der Waals surface area contributed by atoms with E-state index >= 15 is 0 Å². The van der Waals surface area contributed by atoms with Gasteiger partial charge < -0.3 is 5.32 Å². The van der Waals surface area contributed by atoms with Crippen LogP contribution in [0.3, 0.4) is 0 Å². The lowest BCUT2D eigenvalue weighted by Crippen LogP contribution is -2.43. The molecule has 0 bridgehead atoms. The van der Waals surface area contributed by atoms with Crippen LogP contribution >= 0.6 is 0 Å². The Hall–Kier alpha value is -2.15. The zero-order valence-electron chi connectivity index (χ0n) is 12.6. The monoisotopic (exact) mass is 283 g/mol. The first kappa shape index (κ1) is 15.2. The summed E-state index contributed by atoms with van der Waals surface area (Å²) in [5.41, 5.74) is 1.53. The third-order valence-corrected chi connectivity index (χ3v) is 3.86. The zero-order chi connectivity index (χ0) is 15.3. The van der Waals surface area contributed by atoms with Gasteiger partial charge in [0.25, 0.3) is 5.91 Å². The van der Waals surface area contributed by atoms with E-state index in [2.05, 4.69) is 16.4 Å². The Morgan fingerprint density at radius 2 is 1.76 bits per heavy atom. The van der Waals surface area contributed by atoms with Crippen molar-refractivity contribution in [1.29, 1.82) is 5.26 Å².